The van der Waals surface area contributed by atoms with Crippen LogP contribution in [0.1, 0.15) is 19.5 Å². The van der Waals surface area contributed by atoms with E-state index in [2.05, 4.69) is 19.0 Å². The van der Waals surface area contributed by atoms with E-state index in [1.165, 1.54) is 0 Å². The maximum atomic E-state index is 5.89. The number of rotatable bonds is 3. The predicted molar refractivity (Wildman–Crippen MR) is 71.0 cm³/mol. The molecule has 0 radical (unpaired) electrons. The molecule has 1 aromatic carbocycles. The van der Waals surface area contributed by atoms with Gasteiger partial charge in [-0.05, 0) is 30.0 Å². The molecule has 2 heterocycles. The summed E-state index contributed by atoms with van der Waals surface area (Å²) in [6.07, 6.45) is 0.824. The summed E-state index contributed by atoms with van der Waals surface area (Å²) in [5.74, 6) is 2.31. The maximum Gasteiger partial charge on any atom is 0.231 e. The smallest absolute Gasteiger partial charge is 0.231 e. The molecular weight excluding hydrogens is 244 g/mol. The van der Waals surface area contributed by atoms with E-state index in [1.54, 1.807) is 0 Å². The Labute approximate surface area is 111 Å². The number of hydrogen-bond donors (Lipinski definition) is 1. The quantitative estimate of drug-likeness (QED) is 0.918. The third-order valence-electron chi connectivity index (χ3n) is 3.05. The monoisotopic (exact) mass is 260 g/mol. The average molecular weight is 260 g/mol. The molecule has 0 aliphatic carbocycles. The topological polar surface area (TPSA) is 70.5 Å². The van der Waals surface area contributed by atoms with Gasteiger partial charge in [0.05, 0.1) is 11.3 Å². The third kappa shape index (κ3) is 2.12. The zero-order chi connectivity index (χ0) is 13.4. The van der Waals surface area contributed by atoms with Crippen LogP contribution < -0.4 is 15.2 Å². The van der Waals surface area contributed by atoms with E-state index < -0.39 is 0 Å². The number of aromatic nitrogens is 1. The molecule has 2 N–H and O–H groups in total. The molecule has 1 aromatic heterocycles. The Morgan fingerprint density at radius 2 is 2.05 bits per heavy atom. The number of nitrogens with zero attached hydrogens (tertiary/aromatic N) is 1. The van der Waals surface area contributed by atoms with Crippen LogP contribution in [-0.2, 0) is 6.42 Å². The fraction of sp³-hybridized carbons (Fsp3) is 0.357. The minimum atomic E-state index is 0.261. The minimum Gasteiger partial charge on any atom is -0.454 e. The number of nitrogen functional groups attached to an aromatic ring is 1. The first kappa shape index (κ1) is 11.9. The summed E-state index contributed by atoms with van der Waals surface area (Å²) in [4.78, 5) is 0. The van der Waals surface area contributed by atoms with Crippen molar-refractivity contribution in [2.24, 2.45) is 5.92 Å². The number of benzene rings is 1. The summed E-state index contributed by atoms with van der Waals surface area (Å²) < 4.78 is 15.8. The van der Waals surface area contributed by atoms with Crippen LogP contribution in [0.25, 0.3) is 11.1 Å². The lowest BCUT2D eigenvalue weighted by Crippen LogP contribution is -1.97. The largest absolute Gasteiger partial charge is 0.454 e. The fourth-order valence-corrected chi connectivity index (χ4v) is 2.22. The van der Waals surface area contributed by atoms with Gasteiger partial charge in [0.15, 0.2) is 11.5 Å². The second-order valence-electron chi connectivity index (χ2n) is 5.03. The van der Waals surface area contributed by atoms with Crippen molar-refractivity contribution in [1.29, 1.82) is 0 Å². The Bertz CT molecular complexity index is 605. The first-order valence-corrected chi connectivity index (χ1v) is 6.29. The van der Waals surface area contributed by atoms with E-state index in [0.717, 1.165) is 34.7 Å². The van der Waals surface area contributed by atoms with Crippen LogP contribution in [-0.4, -0.2) is 11.9 Å². The van der Waals surface area contributed by atoms with E-state index in [1.807, 2.05) is 18.2 Å². The molecule has 0 bridgehead atoms. The van der Waals surface area contributed by atoms with Crippen molar-refractivity contribution in [2.45, 2.75) is 20.3 Å². The highest BCUT2D eigenvalue weighted by Gasteiger charge is 2.20. The standard InChI is InChI=1S/C14H16N2O3/c1-8(2)5-10-13(14(15)19-16-10)9-3-4-11-12(6-9)18-7-17-11/h3-4,6,8H,5,7,15H2,1-2H3. The van der Waals surface area contributed by atoms with Gasteiger partial charge in [0.1, 0.15) is 0 Å². The molecule has 0 amide bonds. The van der Waals surface area contributed by atoms with Crippen molar-refractivity contribution in [3.63, 3.8) is 0 Å². The summed E-state index contributed by atoms with van der Waals surface area (Å²) in [6.45, 7) is 4.53. The lowest BCUT2D eigenvalue weighted by molar-refractivity contribution is 0.174. The molecule has 0 saturated carbocycles. The Hall–Kier alpha value is -2.17. The van der Waals surface area contributed by atoms with E-state index >= 15 is 0 Å². The van der Waals surface area contributed by atoms with Crippen LogP contribution in [0.4, 0.5) is 5.88 Å². The molecule has 3 rings (SSSR count). The van der Waals surface area contributed by atoms with Gasteiger partial charge in [-0.1, -0.05) is 25.1 Å². The molecule has 1 aliphatic rings. The molecular formula is C14H16N2O3. The molecule has 0 unspecified atom stereocenters. The van der Waals surface area contributed by atoms with Crippen LogP contribution in [0.3, 0.4) is 0 Å². The van der Waals surface area contributed by atoms with Gasteiger partial charge in [-0.15, -0.1) is 0 Å². The van der Waals surface area contributed by atoms with Crippen molar-refractivity contribution >= 4 is 5.88 Å². The van der Waals surface area contributed by atoms with Crippen molar-refractivity contribution in [3.05, 3.63) is 23.9 Å². The zero-order valence-electron chi connectivity index (χ0n) is 11.0. The number of fused-ring (bicyclic) bond motifs is 1. The summed E-state index contributed by atoms with van der Waals surface area (Å²) in [5.41, 5.74) is 8.57. The van der Waals surface area contributed by atoms with E-state index in [0.29, 0.717) is 11.8 Å². The Morgan fingerprint density at radius 3 is 2.84 bits per heavy atom. The molecule has 0 atom stereocenters. The highest BCUT2D eigenvalue weighted by atomic mass is 16.7. The lowest BCUT2D eigenvalue weighted by Gasteiger charge is -2.05. The molecule has 19 heavy (non-hydrogen) atoms. The van der Waals surface area contributed by atoms with Gasteiger partial charge in [0.25, 0.3) is 0 Å². The summed E-state index contributed by atoms with van der Waals surface area (Å²) >= 11 is 0. The molecule has 0 spiro atoms. The molecule has 0 fully saturated rings. The molecule has 0 saturated heterocycles. The lowest BCUT2D eigenvalue weighted by atomic mass is 9.99. The number of anilines is 1. The van der Waals surface area contributed by atoms with Crippen LogP contribution in [0, 0.1) is 5.92 Å². The zero-order valence-corrected chi connectivity index (χ0v) is 11.0. The highest BCUT2D eigenvalue weighted by molar-refractivity contribution is 5.77. The van der Waals surface area contributed by atoms with Crippen molar-refractivity contribution in [3.8, 4) is 22.6 Å². The van der Waals surface area contributed by atoms with Gasteiger partial charge in [-0.3, -0.25) is 0 Å². The predicted octanol–water partition coefficient (Wildman–Crippen LogP) is 2.85. The van der Waals surface area contributed by atoms with Gasteiger partial charge in [-0.25, -0.2) is 0 Å². The average Bonchev–Trinajstić information content (AvgIpc) is 2.94. The van der Waals surface area contributed by atoms with Gasteiger partial charge < -0.3 is 19.7 Å². The van der Waals surface area contributed by atoms with E-state index in [-0.39, 0.29) is 6.79 Å². The Morgan fingerprint density at radius 1 is 1.26 bits per heavy atom. The normalized spacial score (nSPS) is 13.2. The number of ether oxygens (including phenoxy) is 2. The maximum absolute atomic E-state index is 5.89. The van der Waals surface area contributed by atoms with E-state index in [9.17, 15) is 0 Å². The Kier molecular flexibility index (Phi) is 2.81. The van der Waals surface area contributed by atoms with E-state index in [4.69, 9.17) is 19.7 Å². The van der Waals surface area contributed by atoms with Crippen molar-refractivity contribution in [1.82, 2.24) is 5.16 Å². The molecule has 5 heteroatoms. The van der Waals surface area contributed by atoms with Gasteiger partial charge in [0, 0.05) is 0 Å². The van der Waals surface area contributed by atoms with Gasteiger partial charge in [-0.2, -0.15) is 0 Å². The molecule has 100 valence electrons. The first-order chi connectivity index (χ1) is 9.15. The highest BCUT2D eigenvalue weighted by Crippen LogP contribution is 2.39. The van der Waals surface area contributed by atoms with Gasteiger partial charge >= 0.3 is 0 Å². The first-order valence-electron chi connectivity index (χ1n) is 6.29. The molecule has 5 nitrogen and oxygen atoms in total. The van der Waals surface area contributed by atoms with Crippen LogP contribution in [0.15, 0.2) is 22.7 Å². The second-order valence-corrected chi connectivity index (χ2v) is 5.03. The van der Waals surface area contributed by atoms with Crippen LogP contribution in [0.5, 0.6) is 11.5 Å². The van der Waals surface area contributed by atoms with Crippen LogP contribution in [0.2, 0.25) is 0 Å². The summed E-state index contributed by atoms with van der Waals surface area (Å²) in [7, 11) is 0. The van der Waals surface area contributed by atoms with Crippen molar-refractivity contribution < 1.29 is 14.0 Å². The Balaban J connectivity index is 2.04. The molecule has 1 aliphatic heterocycles. The fourth-order valence-electron chi connectivity index (χ4n) is 2.22. The minimum absolute atomic E-state index is 0.261. The number of hydrogen-bond acceptors (Lipinski definition) is 5. The second kappa shape index (κ2) is 4.50. The van der Waals surface area contributed by atoms with Crippen molar-refractivity contribution in [2.75, 3.05) is 12.5 Å². The molecule has 2 aromatic rings. The summed E-state index contributed by atoms with van der Waals surface area (Å²) in [6, 6.07) is 5.73. The van der Waals surface area contributed by atoms with Crippen LogP contribution >= 0.6 is 0 Å². The SMILES string of the molecule is CC(C)Cc1noc(N)c1-c1ccc2c(c1)OCO2. The summed E-state index contributed by atoms with van der Waals surface area (Å²) in [5, 5.41) is 4.05. The number of nitrogens with two attached hydrogens (primary N) is 1. The third-order valence-corrected chi connectivity index (χ3v) is 3.05. The van der Waals surface area contributed by atoms with Gasteiger partial charge in [0.2, 0.25) is 12.7 Å².